The van der Waals surface area contributed by atoms with Crippen LogP contribution in [0, 0.1) is 0 Å². The Kier molecular flexibility index (Phi) is 2.94. The number of hydrogen-bond donors (Lipinski definition) is 0. The quantitative estimate of drug-likeness (QED) is 0.742. The third kappa shape index (κ3) is 1.94. The molecule has 20 heavy (non-hydrogen) atoms. The fourth-order valence-corrected chi connectivity index (χ4v) is 3.35. The maximum absolute atomic E-state index is 12.6. The van der Waals surface area contributed by atoms with Gasteiger partial charge in [-0.25, -0.2) is 12.4 Å². The van der Waals surface area contributed by atoms with Crippen LogP contribution in [0.5, 0.6) is 5.75 Å². The highest BCUT2D eigenvalue weighted by molar-refractivity contribution is 7.90. The Hall–Kier alpha value is -2.34. The van der Waals surface area contributed by atoms with Crippen LogP contribution in [-0.4, -0.2) is 24.5 Å². The summed E-state index contributed by atoms with van der Waals surface area (Å²) in [4.78, 5) is 4.41. The lowest BCUT2D eigenvalue weighted by Crippen LogP contribution is -2.11. The second kappa shape index (κ2) is 4.64. The van der Waals surface area contributed by atoms with Gasteiger partial charge in [0, 0.05) is 12.3 Å². The van der Waals surface area contributed by atoms with Gasteiger partial charge in [0.1, 0.15) is 5.75 Å². The van der Waals surface area contributed by atoms with Crippen molar-refractivity contribution in [3.8, 4) is 5.75 Å². The van der Waals surface area contributed by atoms with Gasteiger partial charge in [-0.1, -0.05) is 18.2 Å². The standard InChI is InChI=1S/C14H12N2O3S/c1-19-11-9-14-13(15-10-11)7-8-16(14)20(17,18)12-5-3-2-4-6-12/h2-10H,1H3. The smallest absolute Gasteiger partial charge is 0.268 e. The second-order valence-corrected chi connectivity index (χ2v) is 6.02. The first-order valence-corrected chi connectivity index (χ1v) is 7.38. The first-order chi connectivity index (χ1) is 9.63. The van der Waals surface area contributed by atoms with Crippen molar-refractivity contribution in [1.29, 1.82) is 0 Å². The van der Waals surface area contributed by atoms with E-state index in [0.29, 0.717) is 16.8 Å². The fourth-order valence-electron chi connectivity index (χ4n) is 2.00. The summed E-state index contributed by atoms with van der Waals surface area (Å²) in [6, 6.07) is 11.6. The van der Waals surface area contributed by atoms with Gasteiger partial charge in [-0.05, 0) is 18.2 Å². The normalized spacial score (nSPS) is 11.7. The van der Waals surface area contributed by atoms with Gasteiger partial charge in [0.05, 0.1) is 29.2 Å². The first-order valence-electron chi connectivity index (χ1n) is 5.94. The van der Waals surface area contributed by atoms with Crippen LogP contribution >= 0.6 is 0 Å². The molecule has 0 bridgehead atoms. The summed E-state index contributed by atoms with van der Waals surface area (Å²) < 4.78 is 31.5. The van der Waals surface area contributed by atoms with E-state index in [2.05, 4.69) is 4.98 Å². The molecule has 0 spiro atoms. The molecule has 0 unspecified atom stereocenters. The third-order valence-electron chi connectivity index (χ3n) is 3.01. The lowest BCUT2D eigenvalue weighted by molar-refractivity contribution is 0.413. The van der Waals surface area contributed by atoms with Gasteiger partial charge in [0.15, 0.2) is 0 Å². The zero-order valence-corrected chi connectivity index (χ0v) is 11.5. The summed E-state index contributed by atoms with van der Waals surface area (Å²) in [5, 5.41) is 0. The van der Waals surface area contributed by atoms with Crippen LogP contribution in [0.3, 0.4) is 0 Å². The predicted octanol–water partition coefficient (Wildman–Crippen LogP) is 2.28. The van der Waals surface area contributed by atoms with E-state index in [1.807, 2.05) is 0 Å². The number of hydrogen-bond acceptors (Lipinski definition) is 4. The molecule has 0 saturated heterocycles. The van der Waals surface area contributed by atoms with Gasteiger partial charge in [-0.3, -0.25) is 4.98 Å². The van der Waals surface area contributed by atoms with Crippen molar-refractivity contribution in [2.45, 2.75) is 4.90 Å². The van der Waals surface area contributed by atoms with Crippen molar-refractivity contribution in [3.63, 3.8) is 0 Å². The Morgan fingerprint density at radius 1 is 1.15 bits per heavy atom. The molecule has 3 aromatic rings. The highest BCUT2D eigenvalue weighted by Crippen LogP contribution is 2.23. The lowest BCUT2D eigenvalue weighted by Gasteiger charge is -2.07. The Morgan fingerprint density at radius 3 is 2.60 bits per heavy atom. The fraction of sp³-hybridized carbons (Fsp3) is 0.0714. The number of methoxy groups -OCH3 is 1. The minimum Gasteiger partial charge on any atom is -0.495 e. The number of fused-ring (bicyclic) bond motifs is 1. The maximum atomic E-state index is 12.6. The Balaban J connectivity index is 2.24. The van der Waals surface area contributed by atoms with Crippen molar-refractivity contribution in [3.05, 3.63) is 54.9 Å². The molecule has 0 atom stereocenters. The maximum Gasteiger partial charge on any atom is 0.268 e. The lowest BCUT2D eigenvalue weighted by atomic mass is 10.4. The molecule has 0 N–H and O–H groups in total. The SMILES string of the molecule is COc1cnc2ccn(S(=O)(=O)c3ccccc3)c2c1. The molecule has 6 heteroatoms. The minimum absolute atomic E-state index is 0.236. The molecular weight excluding hydrogens is 276 g/mol. The van der Waals surface area contributed by atoms with Gasteiger partial charge in [-0.2, -0.15) is 0 Å². The number of nitrogens with zero attached hydrogens (tertiary/aromatic N) is 2. The summed E-state index contributed by atoms with van der Waals surface area (Å²) in [6.07, 6.45) is 3.06. The Labute approximate surface area is 116 Å². The average molecular weight is 288 g/mol. The van der Waals surface area contributed by atoms with E-state index in [1.54, 1.807) is 48.7 Å². The molecule has 102 valence electrons. The summed E-state index contributed by atoms with van der Waals surface area (Å²) in [5.74, 6) is 0.515. The van der Waals surface area contributed by atoms with Crippen LogP contribution in [0.15, 0.2) is 59.8 Å². The number of pyridine rings is 1. The van der Waals surface area contributed by atoms with E-state index in [0.717, 1.165) is 0 Å². The van der Waals surface area contributed by atoms with Gasteiger partial charge in [0.2, 0.25) is 0 Å². The summed E-state index contributed by atoms with van der Waals surface area (Å²) in [5.41, 5.74) is 1.10. The number of aromatic nitrogens is 2. The van der Waals surface area contributed by atoms with Gasteiger partial charge >= 0.3 is 0 Å². The van der Waals surface area contributed by atoms with E-state index < -0.39 is 10.0 Å². The molecule has 0 radical (unpaired) electrons. The van der Waals surface area contributed by atoms with Crippen LogP contribution < -0.4 is 4.74 Å². The van der Waals surface area contributed by atoms with Crippen molar-refractivity contribution in [1.82, 2.24) is 8.96 Å². The highest BCUT2D eigenvalue weighted by Gasteiger charge is 2.19. The number of rotatable bonds is 3. The molecule has 0 aliphatic carbocycles. The average Bonchev–Trinajstić information content (AvgIpc) is 2.91. The van der Waals surface area contributed by atoms with Gasteiger partial charge < -0.3 is 4.74 Å². The predicted molar refractivity (Wildman–Crippen MR) is 75.3 cm³/mol. The van der Waals surface area contributed by atoms with E-state index in [1.165, 1.54) is 17.3 Å². The summed E-state index contributed by atoms with van der Waals surface area (Å²) in [7, 11) is -2.11. The molecule has 0 saturated carbocycles. The van der Waals surface area contributed by atoms with Crippen LogP contribution in [0.1, 0.15) is 0 Å². The van der Waals surface area contributed by atoms with Crippen LogP contribution in [0.2, 0.25) is 0 Å². The first kappa shape index (κ1) is 12.7. The van der Waals surface area contributed by atoms with Crippen LogP contribution in [0.25, 0.3) is 11.0 Å². The van der Waals surface area contributed by atoms with E-state index >= 15 is 0 Å². The van der Waals surface area contributed by atoms with Gasteiger partial charge in [0.25, 0.3) is 10.0 Å². The highest BCUT2D eigenvalue weighted by atomic mass is 32.2. The largest absolute Gasteiger partial charge is 0.495 e. The molecule has 1 aromatic carbocycles. The molecule has 0 fully saturated rings. The van der Waals surface area contributed by atoms with Crippen molar-refractivity contribution < 1.29 is 13.2 Å². The Morgan fingerprint density at radius 2 is 1.90 bits per heavy atom. The summed E-state index contributed by atoms with van der Waals surface area (Å²) >= 11 is 0. The van der Waals surface area contributed by atoms with Crippen LogP contribution in [-0.2, 0) is 10.0 Å². The molecule has 5 nitrogen and oxygen atoms in total. The molecule has 0 aliphatic rings. The van der Waals surface area contributed by atoms with E-state index in [4.69, 9.17) is 4.74 Å². The second-order valence-electron chi connectivity index (χ2n) is 4.21. The molecule has 2 aromatic heterocycles. The van der Waals surface area contributed by atoms with Gasteiger partial charge in [-0.15, -0.1) is 0 Å². The minimum atomic E-state index is -3.63. The third-order valence-corrected chi connectivity index (χ3v) is 4.72. The molecular formula is C14H12N2O3S. The van der Waals surface area contributed by atoms with E-state index in [9.17, 15) is 8.42 Å². The zero-order valence-electron chi connectivity index (χ0n) is 10.7. The van der Waals surface area contributed by atoms with Crippen molar-refractivity contribution in [2.75, 3.05) is 7.11 Å². The Bertz CT molecular complexity index is 855. The van der Waals surface area contributed by atoms with Crippen LogP contribution in [0.4, 0.5) is 0 Å². The summed E-state index contributed by atoms with van der Waals surface area (Å²) in [6.45, 7) is 0. The molecule has 3 rings (SSSR count). The molecule has 2 heterocycles. The zero-order chi connectivity index (χ0) is 14.2. The molecule has 0 amide bonds. The number of benzene rings is 1. The molecule has 0 aliphatic heterocycles. The topological polar surface area (TPSA) is 61.2 Å². The van der Waals surface area contributed by atoms with Crippen molar-refractivity contribution in [2.24, 2.45) is 0 Å². The van der Waals surface area contributed by atoms with Crippen molar-refractivity contribution >= 4 is 21.1 Å². The van der Waals surface area contributed by atoms with E-state index in [-0.39, 0.29) is 4.90 Å². The number of ether oxygens (including phenoxy) is 1. The monoisotopic (exact) mass is 288 g/mol.